The lowest BCUT2D eigenvalue weighted by Gasteiger charge is -2.33. The summed E-state index contributed by atoms with van der Waals surface area (Å²) >= 11 is 7.94. The minimum absolute atomic E-state index is 0.0312. The second-order valence-corrected chi connectivity index (χ2v) is 9.09. The Morgan fingerprint density at radius 1 is 0.917 bits per heavy atom. The molecule has 24 heavy (non-hydrogen) atoms. The van der Waals surface area contributed by atoms with Crippen molar-refractivity contribution in [3.8, 4) is 21.6 Å². The maximum Gasteiger partial charge on any atom is 0.123 e. The molecule has 1 aliphatic rings. The van der Waals surface area contributed by atoms with Gasteiger partial charge in [-0.1, -0.05) is 62.7 Å². The van der Waals surface area contributed by atoms with Gasteiger partial charge in [-0.05, 0) is 45.9 Å². The molecule has 0 amide bonds. The predicted octanol–water partition coefficient (Wildman–Crippen LogP) is 7.37. The predicted molar refractivity (Wildman–Crippen MR) is 101 cm³/mol. The van der Waals surface area contributed by atoms with Gasteiger partial charge in [-0.2, -0.15) is 0 Å². The summed E-state index contributed by atoms with van der Waals surface area (Å²) in [6, 6.07) is 15.6. The molecule has 122 valence electrons. The number of rotatable bonds is 0. The van der Waals surface area contributed by atoms with Crippen LogP contribution in [-0.4, -0.2) is 0 Å². The van der Waals surface area contributed by atoms with Gasteiger partial charge < -0.3 is 0 Å². The third kappa shape index (κ3) is 2.40. The van der Waals surface area contributed by atoms with Crippen molar-refractivity contribution in [2.45, 2.75) is 26.7 Å². The molecule has 0 fully saturated rings. The van der Waals surface area contributed by atoms with Gasteiger partial charge >= 0.3 is 0 Å². The van der Waals surface area contributed by atoms with E-state index in [1.807, 2.05) is 12.1 Å². The zero-order valence-electron chi connectivity index (χ0n) is 13.9. The van der Waals surface area contributed by atoms with Crippen LogP contribution in [0.25, 0.3) is 21.6 Å². The number of halogens is 2. The highest BCUT2D eigenvalue weighted by molar-refractivity contribution is 7.20. The van der Waals surface area contributed by atoms with Gasteiger partial charge in [-0.3, -0.25) is 0 Å². The zero-order chi connectivity index (χ0) is 17.1. The zero-order valence-corrected chi connectivity index (χ0v) is 15.4. The van der Waals surface area contributed by atoms with Crippen molar-refractivity contribution in [1.82, 2.24) is 0 Å². The van der Waals surface area contributed by atoms with Crippen molar-refractivity contribution in [1.29, 1.82) is 0 Å². The van der Waals surface area contributed by atoms with E-state index in [-0.39, 0.29) is 17.2 Å². The van der Waals surface area contributed by atoms with Crippen molar-refractivity contribution in [2.24, 2.45) is 5.41 Å². The van der Waals surface area contributed by atoms with E-state index >= 15 is 0 Å². The summed E-state index contributed by atoms with van der Waals surface area (Å²) in [6.07, 6.45) is 0. The lowest BCUT2D eigenvalue weighted by atomic mass is 9.71. The summed E-state index contributed by atoms with van der Waals surface area (Å²) in [5.41, 5.74) is 5.67. The first-order valence-electron chi connectivity index (χ1n) is 8.04. The van der Waals surface area contributed by atoms with Crippen LogP contribution in [0.1, 0.15) is 37.8 Å². The van der Waals surface area contributed by atoms with E-state index in [4.69, 9.17) is 11.6 Å². The molecule has 1 atom stereocenters. The Labute approximate surface area is 150 Å². The molecule has 3 heteroatoms. The third-order valence-corrected chi connectivity index (χ3v) is 6.00. The minimum atomic E-state index is -0.190. The molecular weight excluding hydrogens is 339 g/mol. The minimum Gasteiger partial charge on any atom is -0.207 e. The van der Waals surface area contributed by atoms with Gasteiger partial charge in [0.2, 0.25) is 0 Å². The number of benzene rings is 2. The van der Waals surface area contributed by atoms with Crippen LogP contribution >= 0.6 is 22.9 Å². The van der Waals surface area contributed by atoms with Crippen molar-refractivity contribution in [3.05, 3.63) is 69.8 Å². The summed E-state index contributed by atoms with van der Waals surface area (Å²) in [7, 11) is 0. The molecule has 0 radical (unpaired) electrons. The van der Waals surface area contributed by atoms with E-state index in [0.717, 1.165) is 21.0 Å². The van der Waals surface area contributed by atoms with Crippen LogP contribution in [0.15, 0.2) is 48.5 Å². The Balaban J connectivity index is 2.16. The molecule has 1 heterocycles. The Hall–Kier alpha value is -1.64. The summed E-state index contributed by atoms with van der Waals surface area (Å²) < 4.78 is 14.9. The molecule has 0 saturated carbocycles. The van der Waals surface area contributed by atoms with Crippen molar-refractivity contribution in [2.75, 3.05) is 0 Å². The van der Waals surface area contributed by atoms with E-state index in [2.05, 4.69) is 45.0 Å². The Kier molecular flexibility index (Phi) is 3.59. The standard InChI is InChI=1S/C21H18ClFS/c1-21(2,3)19-14-6-4-5-7-15(14)20-17(11-18(22)24-20)13-9-8-12(23)10-16(13)19/h4-11,19H,1-3H3. The van der Waals surface area contributed by atoms with Crippen molar-refractivity contribution in [3.63, 3.8) is 0 Å². The first-order valence-corrected chi connectivity index (χ1v) is 9.24. The highest BCUT2D eigenvalue weighted by atomic mass is 35.5. The van der Waals surface area contributed by atoms with Crippen LogP contribution in [0.4, 0.5) is 4.39 Å². The molecule has 4 rings (SSSR count). The molecule has 3 aromatic rings. The van der Waals surface area contributed by atoms with Crippen LogP contribution in [0.2, 0.25) is 4.34 Å². The Morgan fingerprint density at radius 3 is 2.42 bits per heavy atom. The fraction of sp³-hybridized carbons (Fsp3) is 0.238. The quantitative estimate of drug-likeness (QED) is 0.394. The first-order chi connectivity index (χ1) is 11.4. The van der Waals surface area contributed by atoms with E-state index in [1.165, 1.54) is 16.0 Å². The van der Waals surface area contributed by atoms with Crippen LogP contribution in [0.3, 0.4) is 0 Å². The molecule has 2 aromatic carbocycles. The lowest BCUT2D eigenvalue weighted by Crippen LogP contribution is -2.20. The summed E-state index contributed by atoms with van der Waals surface area (Å²) in [5, 5.41) is 0. The van der Waals surface area contributed by atoms with Gasteiger partial charge in [-0.25, -0.2) is 4.39 Å². The molecule has 0 nitrogen and oxygen atoms in total. The van der Waals surface area contributed by atoms with Crippen LogP contribution < -0.4 is 0 Å². The lowest BCUT2D eigenvalue weighted by molar-refractivity contribution is 0.359. The van der Waals surface area contributed by atoms with E-state index in [9.17, 15) is 4.39 Å². The molecule has 0 saturated heterocycles. The SMILES string of the molecule is CC(C)(C)C1c2cc(F)ccc2-c2cc(Cl)sc2-c2ccccc21. The van der Waals surface area contributed by atoms with E-state index in [1.54, 1.807) is 23.5 Å². The topological polar surface area (TPSA) is 0 Å². The number of hydrogen-bond donors (Lipinski definition) is 0. The fourth-order valence-corrected chi connectivity index (χ4v) is 5.12. The van der Waals surface area contributed by atoms with Crippen LogP contribution in [-0.2, 0) is 0 Å². The van der Waals surface area contributed by atoms with Gasteiger partial charge in [0, 0.05) is 16.4 Å². The molecule has 0 spiro atoms. The molecule has 1 unspecified atom stereocenters. The van der Waals surface area contributed by atoms with Gasteiger partial charge in [0.25, 0.3) is 0 Å². The van der Waals surface area contributed by atoms with Gasteiger partial charge in [0.05, 0.1) is 4.34 Å². The highest BCUT2D eigenvalue weighted by Crippen LogP contribution is 2.54. The molecule has 0 aliphatic heterocycles. The van der Waals surface area contributed by atoms with E-state index < -0.39 is 0 Å². The second kappa shape index (κ2) is 5.44. The Bertz CT molecular complexity index is 933. The third-order valence-electron chi connectivity index (χ3n) is 4.70. The maximum absolute atomic E-state index is 14.1. The summed E-state index contributed by atoms with van der Waals surface area (Å²) in [4.78, 5) is 1.18. The average Bonchev–Trinajstić information content (AvgIpc) is 2.84. The number of hydrogen-bond acceptors (Lipinski definition) is 1. The fourth-order valence-electron chi connectivity index (χ4n) is 3.83. The summed E-state index contributed by atoms with van der Waals surface area (Å²) in [6.45, 7) is 6.65. The molecule has 1 aliphatic carbocycles. The monoisotopic (exact) mass is 356 g/mol. The van der Waals surface area contributed by atoms with Crippen molar-refractivity contribution < 1.29 is 4.39 Å². The van der Waals surface area contributed by atoms with Gasteiger partial charge in [0.1, 0.15) is 5.82 Å². The molecular formula is C21H18ClFS. The summed E-state index contributed by atoms with van der Waals surface area (Å²) in [5.74, 6) is -0.0666. The van der Waals surface area contributed by atoms with Crippen LogP contribution in [0.5, 0.6) is 0 Å². The number of thiophene rings is 1. The Morgan fingerprint density at radius 2 is 1.67 bits per heavy atom. The van der Waals surface area contributed by atoms with Crippen LogP contribution in [0, 0.1) is 11.2 Å². The number of fused-ring (bicyclic) bond motifs is 5. The normalized spacial score (nSPS) is 16.1. The largest absolute Gasteiger partial charge is 0.207 e. The van der Waals surface area contributed by atoms with Gasteiger partial charge in [0.15, 0.2) is 0 Å². The molecule has 0 N–H and O–H groups in total. The first kappa shape index (κ1) is 15.9. The smallest absolute Gasteiger partial charge is 0.123 e. The highest BCUT2D eigenvalue weighted by Gasteiger charge is 2.35. The maximum atomic E-state index is 14.1. The average molecular weight is 357 g/mol. The molecule has 1 aromatic heterocycles. The van der Waals surface area contributed by atoms with Gasteiger partial charge in [-0.15, -0.1) is 11.3 Å². The molecule has 0 bridgehead atoms. The second-order valence-electron chi connectivity index (χ2n) is 7.41. The van der Waals surface area contributed by atoms with E-state index in [0.29, 0.717) is 0 Å². The van der Waals surface area contributed by atoms with Crippen molar-refractivity contribution >= 4 is 22.9 Å².